The molecule has 0 radical (unpaired) electrons. The van der Waals surface area contributed by atoms with Gasteiger partial charge in [0.1, 0.15) is 5.82 Å². The van der Waals surface area contributed by atoms with Crippen LogP contribution >= 0.6 is 0 Å². The minimum atomic E-state index is -4.60. The van der Waals surface area contributed by atoms with E-state index in [1.807, 2.05) is 0 Å². The fourth-order valence-electron chi connectivity index (χ4n) is 1.94. The Kier molecular flexibility index (Phi) is 3.85. The largest absolute Gasteiger partial charge is 0.417 e. The summed E-state index contributed by atoms with van der Waals surface area (Å²) in [5, 5.41) is 8.87. The maximum atomic E-state index is 13.7. The van der Waals surface area contributed by atoms with Crippen LogP contribution in [0, 0.1) is 17.1 Å². The molecule has 0 aromatic heterocycles. The quantitative estimate of drug-likeness (QED) is 0.763. The van der Waals surface area contributed by atoms with Crippen molar-refractivity contribution < 1.29 is 17.6 Å². The third kappa shape index (κ3) is 2.97. The molecule has 2 rings (SSSR count). The first-order chi connectivity index (χ1) is 9.84. The number of hydrogen-bond donors (Lipinski definition) is 0. The van der Waals surface area contributed by atoms with Crippen LogP contribution in [-0.2, 0) is 6.18 Å². The Morgan fingerprint density at radius 1 is 1.10 bits per heavy atom. The molecule has 0 saturated heterocycles. The molecule has 0 saturated carbocycles. The molecular weight excluding hydrogens is 284 g/mol. The van der Waals surface area contributed by atoms with Gasteiger partial charge in [-0.25, -0.2) is 4.39 Å². The van der Waals surface area contributed by atoms with Gasteiger partial charge in [-0.1, -0.05) is 12.1 Å². The number of anilines is 2. The molecule has 0 atom stereocenters. The highest BCUT2D eigenvalue weighted by Gasteiger charge is 2.33. The maximum Gasteiger partial charge on any atom is 0.417 e. The van der Waals surface area contributed by atoms with Crippen molar-refractivity contribution in [1.29, 1.82) is 5.26 Å². The number of nitrogens with zero attached hydrogens (tertiary/aromatic N) is 2. The van der Waals surface area contributed by atoms with Crippen LogP contribution in [0.2, 0.25) is 0 Å². The number of halogens is 4. The van der Waals surface area contributed by atoms with E-state index in [1.165, 1.54) is 42.3 Å². The molecule has 21 heavy (non-hydrogen) atoms. The molecule has 0 aliphatic carbocycles. The lowest BCUT2D eigenvalue weighted by Gasteiger charge is -2.21. The number of hydrogen-bond acceptors (Lipinski definition) is 2. The fourth-order valence-corrected chi connectivity index (χ4v) is 1.94. The number of para-hydroxylation sites is 1. The number of alkyl halides is 3. The first-order valence-corrected chi connectivity index (χ1v) is 5.94. The summed E-state index contributed by atoms with van der Waals surface area (Å²) >= 11 is 0. The lowest BCUT2D eigenvalue weighted by Crippen LogP contribution is -2.13. The standard InChI is InChI=1S/C15H10F4N2/c1-21(14-5-3-2-4-13(14)16)11-6-7-12(15(17,18)19)10(8-11)9-20/h2-8H,1H3. The average Bonchev–Trinajstić information content (AvgIpc) is 2.45. The first kappa shape index (κ1) is 14.9. The Balaban J connectivity index is 2.47. The molecule has 6 heteroatoms. The summed E-state index contributed by atoms with van der Waals surface area (Å²) in [5.74, 6) is -0.501. The van der Waals surface area contributed by atoms with E-state index in [4.69, 9.17) is 5.26 Å². The van der Waals surface area contributed by atoms with E-state index in [-0.39, 0.29) is 5.69 Å². The second kappa shape index (κ2) is 5.44. The van der Waals surface area contributed by atoms with Gasteiger partial charge in [0.15, 0.2) is 0 Å². The minimum Gasteiger partial charge on any atom is -0.342 e. The molecule has 2 aromatic carbocycles. The highest BCUT2D eigenvalue weighted by atomic mass is 19.4. The molecular formula is C15H10F4N2. The molecule has 2 aromatic rings. The van der Waals surface area contributed by atoms with Crippen molar-refractivity contribution in [3.63, 3.8) is 0 Å². The zero-order chi connectivity index (χ0) is 15.6. The summed E-state index contributed by atoms with van der Waals surface area (Å²) in [7, 11) is 1.52. The van der Waals surface area contributed by atoms with Gasteiger partial charge in [0.25, 0.3) is 0 Å². The van der Waals surface area contributed by atoms with E-state index in [2.05, 4.69) is 0 Å². The summed E-state index contributed by atoms with van der Waals surface area (Å²) in [6.45, 7) is 0. The van der Waals surface area contributed by atoms with Crippen molar-refractivity contribution in [3.8, 4) is 6.07 Å². The first-order valence-electron chi connectivity index (χ1n) is 5.94. The van der Waals surface area contributed by atoms with Crippen LogP contribution < -0.4 is 4.90 Å². The van der Waals surface area contributed by atoms with Gasteiger partial charge in [0.2, 0.25) is 0 Å². The van der Waals surface area contributed by atoms with Crippen molar-refractivity contribution >= 4 is 11.4 Å². The fraction of sp³-hybridized carbons (Fsp3) is 0.133. The van der Waals surface area contributed by atoms with Crippen LogP contribution in [0.5, 0.6) is 0 Å². The van der Waals surface area contributed by atoms with Crippen molar-refractivity contribution in [2.75, 3.05) is 11.9 Å². The van der Waals surface area contributed by atoms with E-state index in [0.717, 1.165) is 12.1 Å². The lowest BCUT2D eigenvalue weighted by atomic mass is 10.1. The summed E-state index contributed by atoms with van der Waals surface area (Å²) < 4.78 is 51.9. The van der Waals surface area contributed by atoms with E-state index in [0.29, 0.717) is 5.69 Å². The molecule has 0 bridgehead atoms. The molecule has 108 valence electrons. The topological polar surface area (TPSA) is 27.0 Å². The monoisotopic (exact) mass is 294 g/mol. The van der Waals surface area contributed by atoms with Gasteiger partial charge in [0, 0.05) is 12.7 Å². The van der Waals surface area contributed by atoms with Crippen molar-refractivity contribution in [1.82, 2.24) is 0 Å². The molecule has 0 spiro atoms. The zero-order valence-electron chi connectivity index (χ0n) is 10.9. The van der Waals surface area contributed by atoms with E-state index in [1.54, 1.807) is 6.07 Å². The average molecular weight is 294 g/mol. The molecule has 0 heterocycles. The van der Waals surface area contributed by atoms with Crippen LogP contribution in [-0.4, -0.2) is 7.05 Å². The van der Waals surface area contributed by atoms with E-state index < -0.39 is 23.1 Å². The van der Waals surface area contributed by atoms with Gasteiger partial charge >= 0.3 is 6.18 Å². The highest BCUT2D eigenvalue weighted by molar-refractivity contribution is 5.65. The van der Waals surface area contributed by atoms with Crippen LogP contribution in [0.25, 0.3) is 0 Å². The molecule has 2 nitrogen and oxygen atoms in total. The van der Waals surface area contributed by atoms with Gasteiger partial charge in [-0.05, 0) is 30.3 Å². The number of benzene rings is 2. The Labute approximate surface area is 118 Å². The second-order valence-electron chi connectivity index (χ2n) is 4.35. The van der Waals surface area contributed by atoms with Crippen LogP contribution in [0.3, 0.4) is 0 Å². The second-order valence-corrected chi connectivity index (χ2v) is 4.35. The third-order valence-electron chi connectivity index (χ3n) is 3.03. The van der Waals surface area contributed by atoms with Crippen molar-refractivity contribution in [2.24, 2.45) is 0 Å². The van der Waals surface area contributed by atoms with Crippen molar-refractivity contribution in [2.45, 2.75) is 6.18 Å². The van der Waals surface area contributed by atoms with Crippen LogP contribution in [0.4, 0.5) is 28.9 Å². The Bertz CT molecular complexity index is 702. The maximum absolute atomic E-state index is 13.7. The Hall–Kier alpha value is -2.55. The minimum absolute atomic E-state index is 0.209. The highest BCUT2D eigenvalue weighted by Crippen LogP contribution is 2.35. The van der Waals surface area contributed by atoms with E-state index >= 15 is 0 Å². The molecule has 0 amide bonds. The van der Waals surface area contributed by atoms with Gasteiger partial charge < -0.3 is 4.90 Å². The smallest absolute Gasteiger partial charge is 0.342 e. The SMILES string of the molecule is CN(c1ccc(C(F)(F)F)c(C#N)c1)c1ccccc1F. The lowest BCUT2D eigenvalue weighted by molar-refractivity contribution is -0.137. The molecule has 0 aliphatic rings. The summed E-state index contributed by atoms with van der Waals surface area (Å²) in [6, 6.07) is 10.5. The number of nitriles is 1. The molecule has 0 unspecified atom stereocenters. The third-order valence-corrected chi connectivity index (χ3v) is 3.03. The van der Waals surface area contributed by atoms with Crippen molar-refractivity contribution in [3.05, 3.63) is 59.4 Å². The number of rotatable bonds is 2. The molecule has 0 aliphatic heterocycles. The van der Waals surface area contributed by atoms with Crippen LogP contribution in [0.1, 0.15) is 11.1 Å². The normalized spacial score (nSPS) is 11.0. The Morgan fingerprint density at radius 2 is 1.76 bits per heavy atom. The van der Waals surface area contributed by atoms with Gasteiger partial charge in [-0.3, -0.25) is 0 Å². The summed E-state index contributed by atoms with van der Waals surface area (Å²) in [4.78, 5) is 1.39. The predicted molar refractivity (Wildman–Crippen MR) is 70.6 cm³/mol. The predicted octanol–water partition coefficient (Wildman–Crippen LogP) is 4.48. The summed E-state index contributed by atoms with van der Waals surface area (Å²) in [5.41, 5.74) is -0.996. The van der Waals surface area contributed by atoms with Crippen LogP contribution in [0.15, 0.2) is 42.5 Å². The van der Waals surface area contributed by atoms with E-state index in [9.17, 15) is 17.6 Å². The molecule has 0 fully saturated rings. The Morgan fingerprint density at radius 3 is 2.33 bits per heavy atom. The zero-order valence-corrected chi connectivity index (χ0v) is 10.9. The van der Waals surface area contributed by atoms with Gasteiger partial charge in [-0.15, -0.1) is 0 Å². The molecule has 0 N–H and O–H groups in total. The van der Waals surface area contributed by atoms with Gasteiger partial charge in [-0.2, -0.15) is 18.4 Å². The summed E-state index contributed by atoms with van der Waals surface area (Å²) in [6.07, 6.45) is -4.60. The van der Waals surface area contributed by atoms with Gasteiger partial charge in [0.05, 0.1) is 22.9 Å².